The lowest BCUT2D eigenvalue weighted by Gasteiger charge is -2.18. The van der Waals surface area contributed by atoms with E-state index in [9.17, 15) is 14.4 Å². The van der Waals surface area contributed by atoms with Crippen molar-refractivity contribution in [3.05, 3.63) is 0 Å². The number of urea groups is 1. The van der Waals surface area contributed by atoms with Crippen LogP contribution in [0.1, 0.15) is 12.8 Å². The highest BCUT2D eigenvalue weighted by atomic mass is 16.6. The summed E-state index contributed by atoms with van der Waals surface area (Å²) in [6.45, 7) is 1.75. The molecule has 114 valence electrons. The van der Waals surface area contributed by atoms with E-state index in [-0.39, 0.29) is 30.7 Å². The molecule has 0 aromatic heterocycles. The molecule has 1 heterocycles. The number of nitrogens with zero attached hydrogens (tertiary/aromatic N) is 2. The van der Waals surface area contributed by atoms with Gasteiger partial charge in [0.1, 0.15) is 0 Å². The molecule has 4 amide bonds. The van der Waals surface area contributed by atoms with Gasteiger partial charge < -0.3 is 9.80 Å². The molecule has 0 aromatic carbocycles. The Bertz CT molecular complexity index is 331. The highest BCUT2D eigenvalue weighted by Crippen LogP contribution is 2.09. The van der Waals surface area contributed by atoms with E-state index in [1.807, 2.05) is 0 Å². The van der Waals surface area contributed by atoms with Crippen molar-refractivity contribution in [2.24, 2.45) is 0 Å². The van der Waals surface area contributed by atoms with Crippen LogP contribution in [0.4, 0.5) is 4.79 Å². The molecule has 0 saturated carbocycles. The molecule has 0 aliphatic carbocycles. The van der Waals surface area contributed by atoms with Gasteiger partial charge in [-0.2, -0.15) is 0 Å². The monoisotopic (exact) mass is 288 g/mol. The fraction of sp³-hybridized carbons (Fsp3) is 0.727. The molecule has 2 N–H and O–H groups in total. The zero-order valence-electron chi connectivity index (χ0n) is 11.7. The second-order valence-corrected chi connectivity index (χ2v) is 4.22. The molecular formula is C11H20N4O5. The molecule has 1 fully saturated rings. The Morgan fingerprint density at radius 1 is 1.00 bits per heavy atom. The van der Waals surface area contributed by atoms with Gasteiger partial charge in [0, 0.05) is 39.0 Å². The molecule has 20 heavy (non-hydrogen) atoms. The minimum atomic E-state index is -0.279. The second kappa shape index (κ2) is 8.33. The Morgan fingerprint density at radius 3 is 1.75 bits per heavy atom. The predicted molar refractivity (Wildman–Crippen MR) is 68.1 cm³/mol. The van der Waals surface area contributed by atoms with E-state index in [1.54, 1.807) is 9.80 Å². The summed E-state index contributed by atoms with van der Waals surface area (Å²) in [5.74, 6) is -0.559. The van der Waals surface area contributed by atoms with Crippen molar-refractivity contribution >= 4 is 17.8 Å². The van der Waals surface area contributed by atoms with Crippen LogP contribution in [0.2, 0.25) is 0 Å². The number of carbonyl (C=O) groups is 3. The largest absolute Gasteiger partial charge is 0.322 e. The maximum atomic E-state index is 12.0. The van der Waals surface area contributed by atoms with Crippen LogP contribution in [0.15, 0.2) is 0 Å². The van der Waals surface area contributed by atoms with E-state index in [2.05, 4.69) is 20.6 Å². The zero-order chi connectivity index (χ0) is 15.0. The summed E-state index contributed by atoms with van der Waals surface area (Å²) in [5.41, 5.74) is 4.38. The van der Waals surface area contributed by atoms with Crippen molar-refractivity contribution in [2.45, 2.75) is 12.8 Å². The fourth-order valence-electron chi connectivity index (χ4n) is 1.85. The van der Waals surface area contributed by atoms with E-state index < -0.39 is 0 Å². The van der Waals surface area contributed by atoms with Crippen LogP contribution in [0.3, 0.4) is 0 Å². The average molecular weight is 288 g/mol. The quantitative estimate of drug-likeness (QED) is 0.550. The minimum Gasteiger partial charge on any atom is -0.322 e. The first-order valence-corrected chi connectivity index (χ1v) is 6.26. The number of nitrogens with one attached hydrogen (secondary N) is 2. The first-order valence-electron chi connectivity index (χ1n) is 6.26. The van der Waals surface area contributed by atoms with Gasteiger partial charge in [0.25, 0.3) is 0 Å². The molecule has 9 nitrogen and oxygen atoms in total. The molecule has 9 heteroatoms. The van der Waals surface area contributed by atoms with Gasteiger partial charge in [-0.05, 0) is 0 Å². The van der Waals surface area contributed by atoms with E-state index in [4.69, 9.17) is 0 Å². The molecule has 1 aliphatic rings. The molecule has 0 radical (unpaired) electrons. The Balaban J connectivity index is 2.28. The third kappa shape index (κ3) is 5.02. The van der Waals surface area contributed by atoms with Gasteiger partial charge >= 0.3 is 6.03 Å². The summed E-state index contributed by atoms with van der Waals surface area (Å²) in [4.78, 5) is 46.5. The van der Waals surface area contributed by atoms with Crippen molar-refractivity contribution in [1.29, 1.82) is 0 Å². The summed E-state index contributed by atoms with van der Waals surface area (Å²) in [5, 5.41) is 0. The SMILES string of the molecule is CONC(=O)CCN1CCN(CCC(=O)NOC)C1=O. The molecule has 1 rings (SSSR count). The Labute approximate surface area is 117 Å². The third-order valence-electron chi connectivity index (χ3n) is 2.83. The number of carbonyl (C=O) groups excluding carboxylic acids is 3. The van der Waals surface area contributed by atoms with Crippen LogP contribution in [0.25, 0.3) is 0 Å². The van der Waals surface area contributed by atoms with E-state index >= 15 is 0 Å². The summed E-state index contributed by atoms with van der Waals surface area (Å²) < 4.78 is 0. The third-order valence-corrected chi connectivity index (χ3v) is 2.83. The molecular weight excluding hydrogens is 268 g/mol. The van der Waals surface area contributed by atoms with Crippen LogP contribution in [-0.2, 0) is 19.3 Å². The van der Waals surface area contributed by atoms with E-state index in [0.717, 1.165) is 0 Å². The lowest BCUT2D eigenvalue weighted by atomic mass is 10.4. The Morgan fingerprint density at radius 2 is 1.40 bits per heavy atom. The number of hydrogen-bond donors (Lipinski definition) is 2. The summed E-state index contributed by atoms with van der Waals surface area (Å²) in [6.07, 6.45) is 0.356. The van der Waals surface area contributed by atoms with Crippen molar-refractivity contribution in [3.63, 3.8) is 0 Å². The molecule has 1 aliphatic heterocycles. The highest BCUT2D eigenvalue weighted by molar-refractivity contribution is 5.80. The maximum Gasteiger partial charge on any atom is 0.320 e. The summed E-state index contributed by atoms with van der Waals surface area (Å²) >= 11 is 0. The molecule has 1 saturated heterocycles. The van der Waals surface area contributed by atoms with Crippen LogP contribution in [-0.4, -0.2) is 68.0 Å². The van der Waals surface area contributed by atoms with Crippen molar-refractivity contribution < 1.29 is 24.1 Å². The van der Waals surface area contributed by atoms with Gasteiger partial charge in [-0.3, -0.25) is 19.3 Å². The van der Waals surface area contributed by atoms with Crippen molar-refractivity contribution in [3.8, 4) is 0 Å². The van der Waals surface area contributed by atoms with Gasteiger partial charge in [-0.15, -0.1) is 0 Å². The van der Waals surface area contributed by atoms with Crippen LogP contribution in [0.5, 0.6) is 0 Å². The fourth-order valence-corrected chi connectivity index (χ4v) is 1.85. The van der Waals surface area contributed by atoms with Gasteiger partial charge in [0.2, 0.25) is 11.8 Å². The average Bonchev–Trinajstić information content (AvgIpc) is 2.76. The van der Waals surface area contributed by atoms with Crippen LogP contribution >= 0.6 is 0 Å². The van der Waals surface area contributed by atoms with Crippen LogP contribution < -0.4 is 11.0 Å². The molecule has 0 unspecified atom stereocenters. The topological polar surface area (TPSA) is 100 Å². The Hall–Kier alpha value is -1.87. The zero-order valence-corrected chi connectivity index (χ0v) is 11.7. The predicted octanol–water partition coefficient (Wildman–Crippen LogP) is -1.14. The second-order valence-electron chi connectivity index (χ2n) is 4.22. The van der Waals surface area contributed by atoms with Gasteiger partial charge in [0.05, 0.1) is 14.2 Å². The normalized spacial score (nSPS) is 14.6. The number of rotatable bonds is 8. The van der Waals surface area contributed by atoms with Crippen LogP contribution in [0, 0.1) is 0 Å². The number of hydrogen-bond acceptors (Lipinski definition) is 5. The first-order chi connectivity index (χ1) is 9.58. The number of amides is 4. The van der Waals surface area contributed by atoms with Gasteiger partial charge in [-0.1, -0.05) is 0 Å². The van der Waals surface area contributed by atoms with Crippen molar-refractivity contribution in [2.75, 3.05) is 40.4 Å². The summed E-state index contributed by atoms with van der Waals surface area (Å²) in [6, 6.07) is -0.166. The Kier molecular flexibility index (Phi) is 6.74. The first kappa shape index (κ1) is 16.2. The van der Waals surface area contributed by atoms with E-state index in [1.165, 1.54) is 14.2 Å². The highest BCUT2D eigenvalue weighted by Gasteiger charge is 2.28. The van der Waals surface area contributed by atoms with Crippen molar-refractivity contribution in [1.82, 2.24) is 20.8 Å². The number of hydroxylamine groups is 2. The molecule has 0 spiro atoms. The van der Waals surface area contributed by atoms with Gasteiger partial charge in [-0.25, -0.2) is 15.8 Å². The maximum absolute atomic E-state index is 12.0. The lowest BCUT2D eigenvalue weighted by Crippen LogP contribution is -2.36. The minimum absolute atomic E-state index is 0.166. The lowest BCUT2D eigenvalue weighted by molar-refractivity contribution is -0.132. The summed E-state index contributed by atoms with van der Waals surface area (Å²) in [7, 11) is 2.71. The molecule has 0 bridgehead atoms. The van der Waals surface area contributed by atoms with E-state index in [0.29, 0.717) is 26.2 Å². The molecule has 0 atom stereocenters. The smallest absolute Gasteiger partial charge is 0.320 e. The molecule has 0 aromatic rings. The van der Waals surface area contributed by atoms with Gasteiger partial charge in [0.15, 0.2) is 0 Å². The standard InChI is InChI=1S/C11H20N4O5/c1-19-12-9(16)3-5-14-7-8-15(11(14)18)6-4-10(17)13-20-2/h3-8H2,1-2H3,(H,12,16)(H,13,17).